The highest BCUT2D eigenvalue weighted by Gasteiger charge is 2.35. The third-order valence-corrected chi connectivity index (χ3v) is 4.18. The van der Waals surface area contributed by atoms with Crippen LogP contribution in [0.5, 0.6) is 0 Å². The number of aliphatic hydroxyl groups excluding tert-OH is 1. The van der Waals surface area contributed by atoms with Crippen LogP contribution in [0.25, 0.3) is 0 Å². The van der Waals surface area contributed by atoms with Gasteiger partial charge in [-0.15, -0.1) is 0 Å². The Bertz CT molecular complexity index is 373. The number of fused-ring (bicyclic) bond motifs is 3. The summed E-state index contributed by atoms with van der Waals surface area (Å²) in [7, 11) is 0. The van der Waals surface area contributed by atoms with E-state index in [-0.39, 0.29) is 6.10 Å². The standard InChI is InChI=1S/C15H21NO2/c17-15(10-12-4-2-1-3-5-12)18-14-11-16-8-6-13(14)7-9-16/h1-5,13-15,17H,6-11H2/t14-,15?/m0/s1. The van der Waals surface area contributed by atoms with Gasteiger partial charge in [-0.1, -0.05) is 30.3 Å². The first-order valence-electron chi connectivity index (χ1n) is 6.91. The van der Waals surface area contributed by atoms with E-state index in [1.54, 1.807) is 0 Å². The van der Waals surface area contributed by atoms with Crippen LogP contribution in [0.3, 0.4) is 0 Å². The fourth-order valence-corrected chi connectivity index (χ4v) is 3.13. The van der Waals surface area contributed by atoms with Crippen molar-refractivity contribution in [1.29, 1.82) is 0 Å². The molecule has 1 aromatic carbocycles. The molecular formula is C15H21NO2. The number of hydrogen-bond acceptors (Lipinski definition) is 3. The number of rotatable bonds is 4. The molecule has 0 amide bonds. The van der Waals surface area contributed by atoms with E-state index < -0.39 is 6.29 Å². The Morgan fingerprint density at radius 3 is 2.56 bits per heavy atom. The van der Waals surface area contributed by atoms with Gasteiger partial charge in [-0.05, 0) is 37.4 Å². The summed E-state index contributed by atoms with van der Waals surface area (Å²) in [4.78, 5) is 2.44. The Morgan fingerprint density at radius 2 is 1.94 bits per heavy atom. The molecule has 3 heterocycles. The molecular weight excluding hydrogens is 226 g/mol. The molecule has 1 N–H and O–H groups in total. The van der Waals surface area contributed by atoms with Gasteiger partial charge in [-0.25, -0.2) is 0 Å². The number of aliphatic hydroxyl groups is 1. The van der Waals surface area contributed by atoms with E-state index >= 15 is 0 Å². The zero-order chi connectivity index (χ0) is 12.4. The van der Waals surface area contributed by atoms with Crippen LogP contribution >= 0.6 is 0 Å². The van der Waals surface area contributed by atoms with Crippen LogP contribution in [0.4, 0.5) is 0 Å². The van der Waals surface area contributed by atoms with Crippen molar-refractivity contribution in [2.24, 2.45) is 5.92 Å². The van der Waals surface area contributed by atoms with Crippen LogP contribution in [0, 0.1) is 5.92 Å². The molecule has 3 aliphatic rings. The largest absolute Gasteiger partial charge is 0.368 e. The number of ether oxygens (including phenoxy) is 1. The van der Waals surface area contributed by atoms with Gasteiger partial charge in [0.1, 0.15) is 0 Å². The summed E-state index contributed by atoms with van der Waals surface area (Å²) in [6, 6.07) is 10.0. The van der Waals surface area contributed by atoms with Crippen molar-refractivity contribution in [3.8, 4) is 0 Å². The lowest BCUT2D eigenvalue weighted by Crippen LogP contribution is -2.52. The lowest BCUT2D eigenvalue weighted by molar-refractivity contribution is -0.177. The first kappa shape index (κ1) is 12.2. The minimum Gasteiger partial charge on any atom is -0.368 e. The van der Waals surface area contributed by atoms with E-state index in [1.165, 1.54) is 25.9 Å². The maximum Gasteiger partial charge on any atom is 0.159 e. The smallest absolute Gasteiger partial charge is 0.159 e. The Kier molecular flexibility index (Phi) is 3.64. The van der Waals surface area contributed by atoms with Crippen LogP contribution in [-0.4, -0.2) is 42.0 Å². The average molecular weight is 247 g/mol. The van der Waals surface area contributed by atoms with Crippen molar-refractivity contribution in [3.05, 3.63) is 35.9 Å². The van der Waals surface area contributed by atoms with Gasteiger partial charge in [0.05, 0.1) is 6.10 Å². The Balaban J connectivity index is 1.53. The number of benzene rings is 1. The van der Waals surface area contributed by atoms with Crippen molar-refractivity contribution >= 4 is 0 Å². The molecule has 4 rings (SSSR count). The van der Waals surface area contributed by atoms with E-state index in [4.69, 9.17) is 4.74 Å². The fourth-order valence-electron chi connectivity index (χ4n) is 3.13. The second kappa shape index (κ2) is 5.39. The van der Waals surface area contributed by atoms with Crippen LogP contribution < -0.4 is 0 Å². The SMILES string of the molecule is OC(Cc1ccccc1)O[C@H]1CN2CCC1CC2. The molecule has 3 saturated heterocycles. The molecule has 2 bridgehead atoms. The Morgan fingerprint density at radius 1 is 1.22 bits per heavy atom. The minimum atomic E-state index is -0.669. The highest BCUT2D eigenvalue weighted by Crippen LogP contribution is 2.30. The predicted molar refractivity (Wildman–Crippen MR) is 70.2 cm³/mol. The zero-order valence-electron chi connectivity index (χ0n) is 10.7. The molecule has 2 atom stereocenters. The van der Waals surface area contributed by atoms with E-state index in [2.05, 4.69) is 4.90 Å². The fraction of sp³-hybridized carbons (Fsp3) is 0.600. The summed E-state index contributed by atoms with van der Waals surface area (Å²) in [6.45, 7) is 3.41. The highest BCUT2D eigenvalue weighted by molar-refractivity contribution is 5.15. The number of hydrogen-bond donors (Lipinski definition) is 1. The van der Waals surface area contributed by atoms with Crippen LogP contribution in [0.2, 0.25) is 0 Å². The molecule has 0 radical (unpaired) electrons. The summed E-state index contributed by atoms with van der Waals surface area (Å²) < 4.78 is 5.84. The second-order valence-corrected chi connectivity index (χ2v) is 5.46. The van der Waals surface area contributed by atoms with Gasteiger partial charge in [-0.2, -0.15) is 0 Å². The van der Waals surface area contributed by atoms with Crippen molar-refractivity contribution in [2.45, 2.75) is 31.7 Å². The summed E-state index contributed by atoms with van der Waals surface area (Å²) in [6.07, 6.45) is 2.60. The van der Waals surface area contributed by atoms with Gasteiger partial charge in [0, 0.05) is 13.0 Å². The topological polar surface area (TPSA) is 32.7 Å². The highest BCUT2D eigenvalue weighted by atomic mass is 16.6. The quantitative estimate of drug-likeness (QED) is 0.821. The number of piperidine rings is 3. The van der Waals surface area contributed by atoms with Gasteiger partial charge in [0.15, 0.2) is 6.29 Å². The van der Waals surface area contributed by atoms with Gasteiger partial charge >= 0.3 is 0 Å². The molecule has 0 spiro atoms. The Hall–Kier alpha value is -0.900. The normalized spacial score (nSPS) is 32.4. The first-order chi connectivity index (χ1) is 8.81. The van der Waals surface area contributed by atoms with Crippen molar-refractivity contribution in [1.82, 2.24) is 4.90 Å². The summed E-state index contributed by atoms with van der Waals surface area (Å²) in [5.74, 6) is 0.653. The molecule has 1 aromatic rings. The third kappa shape index (κ3) is 2.74. The molecule has 3 nitrogen and oxygen atoms in total. The second-order valence-electron chi connectivity index (χ2n) is 5.46. The monoisotopic (exact) mass is 247 g/mol. The maximum absolute atomic E-state index is 10.0. The van der Waals surface area contributed by atoms with Crippen molar-refractivity contribution in [3.63, 3.8) is 0 Å². The van der Waals surface area contributed by atoms with Gasteiger partial charge in [-0.3, -0.25) is 0 Å². The van der Waals surface area contributed by atoms with Crippen LogP contribution in [0.1, 0.15) is 18.4 Å². The Labute approximate surface area is 108 Å². The molecule has 3 aliphatic heterocycles. The number of nitrogens with zero attached hydrogens (tertiary/aromatic N) is 1. The summed E-state index contributed by atoms with van der Waals surface area (Å²) in [5, 5.41) is 10.0. The molecule has 3 heteroatoms. The molecule has 3 fully saturated rings. The summed E-state index contributed by atoms with van der Waals surface area (Å²) >= 11 is 0. The van der Waals surface area contributed by atoms with Crippen molar-refractivity contribution in [2.75, 3.05) is 19.6 Å². The predicted octanol–water partition coefficient (Wildman–Crippen LogP) is 1.66. The van der Waals surface area contributed by atoms with Crippen LogP contribution in [-0.2, 0) is 11.2 Å². The molecule has 18 heavy (non-hydrogen) atoms. The first-order valence-corrected chi connectivity index (χ1v) is 6.91. The van der Waals surface area contributed by atoms with Gasteiger partial charge in [0.2, 0.25) is 0 Å². The third-order valence-electron chi connectivity index (χ3n) is 4.18. The molecule has 0 aliphatic carbocycles. The molecule has 0 saturated carbocycles. The maximum atomic E-state index is 10.0. The van der Waals surface area contributed by atoms with E-state index in [0.29, 0.717) is 12.3 Å². The lowest BCUT2D eigenvalue weighted by Gasteiger charge is -2.44. The molecule has 0 aromatic heterocycles. The average Bonchev–Trinajstić information content (AvgIpc) is 2.41. The van der Waals surface area contributed by atoms with E-state index in [0.717, 1.165) is 12.1 Å². The van der Waals surface area contributed by atoms with Gasteiger partial charge in [0.25, 0.3) is 0 Å². The zero-order valence-corrected chi connectivity index (χ0v) is 10.7. The van der Waals surface area contributed by atoms with E-state index in [1.807, 2.05) is 30.3 Å². The van der Waals surface area contributed by atoms with Crippen LogP contribution in [0.15, 0.2) is 30.3 Å². The summed E-state index contributed by atoms with van der Waals surface area (Å²) in [5.41, 5.74) is 1.13. The molecule has 1 unspecified atom stereocenters. The lowest BCUT2D eigenvalue weighted by atomic mass is 9.86. The minimum absolute atomic E-state index is 0.228. The van der Waals surface area contributed by atoms with Crippen molar-refractivity contribution < 1.29 is 9.84 Å². The molecule has 98 valence electrons. The van der Waals surface area contributed by atoms with E-state index in [9.17, 15) is 5.11 Å². The van der Waals surface area contributed by atoms with Gasteiger partial charge < -0.3 is 14.7 Å².